The highest BCUT2D eigenvalue weighted by atomic mass is 16.6. The third-order valence-electron chi connectivity index (χ3n) is 6.78. The van der Waals surface area contributed by atoms with Crippen LogP contribution in [0, 0.1) is 0 Å². The maximum atomic E-state index is 12.7. The first-order valence-corrected chi connectivity index (χ1v) is 12.8. The number of benzene rings is 3. The maximum Gasteiger partial charge on any atom is 0.344 e. The van der Waals surface area contributed by atoms with E-state index in [2.05, 4.69) is 0 Å². The summed E-state index contributed by atoms with van der Waals surface area (Å²) in [5.74, 6) is -14.4. The molecule has 1 aliphatic rings. The zero-order chi connectivity index (χ0) is 34.2. The highest BCUT2D eigenvalue weighted by molar-refractivity contribution is 5.96. The molecule has 3 aromatic carbocycles. The summed E-state index contributed by atoms with van der Waals surface area (Å²) in [6.45, 7) is 0. The van der Waals surface area contributed by atoms with Crippen molar-refractivity contribution in [3.63, 3.8) is 0 Å². The van der Waals surface area contributed by atoms with Gasteiger partial charge in [-0.1, -0.05) is 0 Å². The number of hydrogen-bond donors (Lipinski definition) is 11. The fourth-order valence-corrected chi connectivity index (χ4v) is 4.41. The summed E-state index contributed by atoms with van der Waals surface area (Å²) in [4.78, 5) is 49.0. The zero-order valence-corrected chi connectivity index (χ0v) is 22.9. The molecular weight excluding hydrogens is 624 g/mol. The number of hydrogen-bond acceptors (Lipinski definition) is 17. The molecule has 0 saturated heterocycles. The van der Waals surface area contributed by atoms with Crippen molar-refractivity contribution in [3.8, 4) is 51.7 Å². The second-order valence-corrected chi connectivity index (χ2v) is 10.1. The normalized spacial score (nSPS) is 20.8. The number of carboxylic acids is 1. The minimum atomic E-state index is -2.53. The molecule has 1 aliphatic carbocycles. The van der Waals surface area contributed by atoms with Gasteiger partial charge in [-0.05, 0) is 36.4 Å². The first kappa shape index (κ1) is 32.9. The number of phenolic OH excluding ortho intramolecular Hbond substituents is 7. The first-order chi connectivity index (χ1) is 21.4. The summed E-state index contributed by atoms with van der Waals surface area (Å²) in [6.07, 6.45) is -6.84. The Morgan fingerprint density at radius 1 is 0.609 bits per heavy atom. The number of carbonyl (C=O) groups excluding carboxylic acids is 3. The van der Waals surface area contributed by atoms with Gasteiger partial charge in [0.2, 0.25) is 11.5 Å². The molecule has 3 aromatic rings. The number of phenols is 7. The smallest absolute Gasteiger partial charge is 0.344 e. The Morgan fingerprint density at radius 2 is 0.978 bits per heavy atom. The SMILES string of the molecule is O=C(Oc1c(O)cc(C(=O)Oc2c(O)cc(C(=O)O[C@@H]3C[C@](O)(C(=O)O)C[C@@H](O)[C@H]3O)cc2O)cc1O)c1cc(O)c(O)c(O)c1. The summed E-state index contributed by atoms with van der Waals surface area (Å²) < 4.78 is 14.7. The molecule has 4 atom stereocenters. The average molecular weight is 648 g/mol. The molecule has 1 saturated carbocycles. The third-order valence-corrected chi connectivity index (χ3v) is 6.78. The van der Waals surface area contributed by atoms with Crippen molar-refractivity contribution in [2.24, 2.45) is 0 Å². The van der Waals surface area contributed by atoms with Gasteiger partial charge in [-0.3, -0.25) is 0 Å². The molecular formula is C28H24O18. The summed E-state index contributed by atoms with van der Waals surface area (Å²) in [5, 5.41) is 109. The number of aromatic hydroxyl groups is 7. The van der Waals surface area contributed by atoms with Crippen molar-refractivity contribution in [3.05, 3.63) is 53.1 Å². The lowest BCUT2D eigenvalue weighted by molar-refractivity contribution is -0.187. The van der Waals surface area contributed by atoms with Crippen LogP contribution in [0.25, 0.3) is 0 Å². The van der Waals surface area contributed by atoms with Crippen LogP contribution in [0.3, 0.4) is 0 Å². The lowest BCUT2D eigenvalue weighted by Gasteiger charge is -2.39. The van der Waals surface area contributed by atoms with E-state index in [1.807, 2.05) is 0 Å². The van der Waals surface area contributed by atoms with Gasteiger partial charge in [-0.2, -0.15) is 0 Å². The highest BCUT2D eigenvalue weighted by Gasteiger charge is 2.50. The first-order valence-electron chi connectivity index (χ1n) is 12.8. The number of esters is 3. The van der Waals surface area contributed by atoms with E-state index in [1.54, 1.807) is 0 Å². The van der Waals surface area contributed by atoms with Crippen molar-refractivity contribution in [2.75, 3.05) is 0 Å². The van der Waals surface area contributed by atoms with Gasteiger partial charge in [0.05, 0.1) is 22.8 Å². The van der Waals surface area contributed by atoms with Crippen LogP contribution in [0.15, 0.2) is 36.4 Å². The van der Waals surface area contributed by atoms with Gasteiger partial charge in [-0.25, -0.2) is 19.2 Å². The standard InChI is InChI=1S/C28H24O18/c29-12-1-9(2-13(30)20(12)36)25(39)45-23-16(33)5-11(6-17(23)34)26(40)46-22-14(31)3-10(4-15(22)32)24(38)44-19-8-28(43,27(41)42)7-18(35)21(19)37/h1-6,18-19,21,29-37,43H,7-8H2,(H,41,42)/t18-,19-,21-,28+/m1/s1. The largest absolute Gasteiger partial charge is 0.504 e. The number of rotatable bonds is 7. The molecule has 0 heterocycles. The van der Waals surface area contributed by atoms with E-state index in [0.717, 1.165) is 0 Å². The van der Waals surface area contributed by atoms with Crippen molar-refractivity contribution in [1.82, 2.24) is 0 Å². The Hall–Kier alpha value is -5.98. The minimum absolute atomic E-state index is 0.511. The molecule has 1 fully saturated rings. The Labute approximate surface area is 255 Å². The summed E-state index contributed by atoms with van der Waals surface area (Å²) in [6, 6.07) is 4.02. The van der Waals surface area contributed by atoms with Crippen LogP contribution < -0.4 is 9.47 Å². The number of carbonyl (C=O) groups is 4. The van der Waals surface area contributed by atoms with Gasteiger partial charge < -0.3 is 70.4 Å². The van der Waals surface area contributed by atoms with Crippen LogP contribution in [0.1, 0.15) is 43.9 Å². The number of ether oxygens (including phenoxy) is 3. The average Bonchev–Trinajstić information content (AvgIpc) is 2.97. The van der Waals surface area contributed by atoms with Gasteiger partial charge in [0.25, 0.3) is 0 Å². The lowest BCUT2D eigenvalue weighted by Crippen LogP contribution is -2.57. The van der Waals surface area contributed by atoms with Crippen LogP contribution >= 0.6 is 0 Å². The Kier molecular flexibility index (Phi) is 8.73. The molecule has 244 valence electrons. The molecule has 0 aliphatic heterocycles. The van der Waals surface area contributed by atoms with Crippen molar-refractivity contribution in [1.29, 1.82) is 0 Å². The number of aliphatic carboxylic acids is 1. The molecule has 11 N–H and O–H groups in total. The van der Waals surface area contributed by atoms with E-state index >= 15 is 0 Å². The topological polar surface area (TPSA) is 318 Å². The van der Waals surface area contributed by atoms with E-state index in [1.165, 1.54) is 0 Å². The molecule has 46 heavy (non-hydrogen) atoms. The quantitative estimate of drug-likeness (QED) is 0.0906. The van der Waals surface area contributed by atoms with Gasteiger partial charge >= 0.3 is 23.9 Å². The van der Waals surface area contributed by atoms with E-state index in [4.69, 9.17) is 14.2 Å². The molecule has 18 nitrogen and oxygen atoms in total. The molecule has 0 spiro atoms. The fourth-order valence-electron chi connectivity index (χ4n) is 4.41. The fraction of sp³-hybridized carbons (Fsp3) is 0.214. The van der Waals surface area contributed by atoms with Crippen molar-refractivity contribution >= 4 is 23.9 Å². The van der Waals surface area contributed by atoms with Crippen LogP contribution in [-0.4, -0.2) is 104 Å². The van der Waals surface area contributed by atoms with Crippen molar-refractivity contribution < 1.29 is 89.6 Å². The van der Waals surface area contributed by atoms with E-state index in [0.29, 0.717) is 36.4 Å². The maximum absolute atomic E-state index is 12.7. The molecule has 0 bridgehead atoms. The monoisotopic (exact) mass is 648 g/mol. The Balaban J connectivity index is 1.49. The predicted molar refractivity (Wildman–Crippen MR) is 144 cm³/mol. The summed E-state index contributed by atoms with van der Waals surface area (Å²) in [7, 11) is 0. The third kappa shape index (κ3) is 6.43. The van der Waals surface area contributed by atoms with Crippen LogP contribution in [0.4, 0.5) is 0 Å². The van der Waals surface area contributed by atoms with Crippen LogP contribution in [0.2, 0.25) is 0 Å². The van der Waals surface area contributed by atoms with E-state index < -0.39 is 129 Å². The number of aliphatic hydroxyl groups excluding tert-OH is 2. The summed E-state index contributed by atoms with van der Waals surface area (Å²) in [5.41, 5.74) is -4.26. The zero-order valence-electron chi connectivity index (χ0n) is 22.9. The number of carboxylic acid groups (broad SMARTS) is 1. The van der Waals surface area contributed by atoms with Gasteiger partial charge in [-0.15, -0.1) is 0 Å². The lowest BCUT2D eigenvalue weighted by atomic mass is 9.79. The van der Waals surface area contributed by atoms with Crippen LogP contribution in [0.5, 0.6) is 51.7 Å². The minimum Gasteiger partial charge on any atom is -0.504 e. The van der Waals surface area contributed by atoms with Gasteiger partial charge in [0, 0.05) is 12.8 Å². The molecule has 0 amide bonds. The molecule has 4 rings (SSSR count). The van der Waals surface area contributed by atoms with Gasteiger partial charge in [0.15, 0.2) is 45.8 Å². The Morgan fingerprint density at radius 3 is 1.37 bits per heavy atom. The number of aliphatic hydroxyl groups is 3. The Bertz CT molecular complexity index is 1680. The van der Waals surface area contributed by atoms with Gasteiger partial charge in [0.1, 0.15) is 12.2 Å². The summed E-state index contributed by atoms with van der Waals surface area (Å²) >= 11 is 0. The highest BCUT2D eigenvalue weighted by Crippen LogP contribution is 2.42. The second kappa shape index (κ2) is 12.2. The van der Waals surface area contributed by atoms with Crippen LogP contribution in [-0.2, 0) is 9.53 Å². The molecule has 0 unspecified atom stereocenters. The second-order valence-electron chi connectivity index (χ2n) is 10.1. The molecule has 0 radical (unpaired) electrons. The predicted octanol–water partition coefficient (Wildman–Crippen LogP) is -0.0791. The van der Waals surface area contributed by atoms with E-state index in [9.17, 15) is 75.3 Å². The van der Waals surface area contributed by atoms with E-state index in [-0.39, 0.29) is 0 Å². The molecule has 0 aromatic heterocycles. The molecule has 18 heteroatoms. The van der Waals surface area contributed by atoms with Crippen molar-refractivity contribution in [2.45, 2.75) is 36.8 Å².